The van der Waals surface area contributed by atoms with E-state index >= 15 is 0 Å². The van der Waals surface area contributed by atoms with Crippen LogP contribution in [0.5, 0.6) is 0 Å². The largest absolute Gasteiger partial charge is 0.368 e. The van der Waals surface area contributed by atoms with Crippen LogP contribution in [-0.2, 0) is 11.2 Å². The second kappa shape index (κ2) is 7.07. The number of anilines is 1. The summed E-state index contributed by atoms with van der Waals surface area (Å²) >= 11 is 1.41. The number of amides is 1. The summed E-state index contributed by atoms with van der Waals surface area (Å²) in [4.78, 5) is 12.3. The molecule has 1 amide bonds. The van der Waals surface area contributed by atoms with Gasteiger partial charge in [-0.3, -0.25) is 9.36 Å². The van der Waals surface area contributed by atoms with Gasteiger partial charge in [0.1, 0.15) is 0 Å². The summed E-state index contributed by atoms with van der Waals surface area (Å²) in [6.45, 7) is 0.702. The minimum absolute atomic E-state index is 0.0389. The number of aromatic nitrogens is 3. The maximum atomic E-state index is 12.3. The van der Waals surface area contributed by atoms with Crippen molar-refractivity contribution in [2.24, 2.45) is 0 Å². The van der Waals surface area contributed by atoms with Crippen molar-refractivity contribution in [3.63, 3.8) is 0 Å². The zero-order valence-electron chi connectivity index (χ0n) is 14.1. The zero-order valence-corrected chi connectivity index (χ0v) is 15.0. The number of hydrogen-bond donors (Lipinski definition) is 2. The van der Waals surface area contributed by atoms with Crippen LogP contribution in [0.1, 0.15) is 48.8 Å². The van der Waals surface area contributed by atoms with Gasteiger partial charge >= 0.3 is 0 Å². The molecule has 0 radical (unpaired) electrons. The molecule has 0 bridgehead atoms. The van der Waals surface area contributed by atoms with E-state index in [0.29, 0.717) is 30.2 Å². The average Bonchev–Trinajstić information content (AvgIpc) is 3.40. The molecule has 1 heterocycles. The van der Waals surface area contributed by atoms with Gasteiger partial charge in [-0.25, -0.2) is 0 Å². The molecule has 1 aromatic carbocycles. The first-order valence-corrected chi connectivity index (χ1v) is 9.88. The third-order valence-corrected chi connectivity index (χ3v) is 5.92. The number of carbonyl (C=O) groups excluding carboxylic acids is 1. The van der Waals surface area contributed by atoms with Crippen molar-refractivity contribution >= 4 is 23.6 Å². The maximum Gasteiger partial charge on any atom is 0.230 e. The van der Waals surface area contributed by atoms with Crippen molar-refractivity contribution in [3.05, 3.63) is 35.4 Å². The monoisotopic (exact) mass is 357 g/mol. The third-order valence-electron chi connectivity index (χ3n) is 4.97. The molecule has 1 fully saturated rings. The summed E-state index contributed by atoms with van der Waals surface area (Å²) in [6, 6.07) is 9.00. The Morgan fingerprint density at radius 2 is 2.12 bits per heavy atom. The van der Waals surface area contributed by atoms with E-state index in [-0.39, 0.29) is 5.91 Å². The van der Waals surface area contributed by atoms with Gasteiger partial charge in [-0.15, -0.1) is 10.2 Å². The van der Waals surface area contributed by atoms with Crippen LogP contribution >= 0.6 is 11.8 Å². The number of hydrogen-bond acceptors (Lipinski definition) is 5. The Morgan fingerprint density at radius 3 is 2.96 bits per heavy atom. The molecule has 3 N–H and O–H groups in total. The Balaban J connectivity index is 1.30. The van der Waals surface area contributed by atoms with E-state index in [1.54, 1.807) is 0 Å². The normalized spacial score (nSPS) is 19.4. The highest BCUT2D eigenvalue weighted by Gasteiger charge is 2.29. The lowest BCUT2D eigenvalue weighted by Crippen LogP contribution is -2.31. The average molecular weight is 357 g/mol. The Labute approximate surface area is 151 Å². The molecule has 1 saturated carbocycles. The molecule has 1 atom stereocenters. The summed E-state index contributed by atoms with van der Waals surface area (Å²) in [6.07, 6.45) is 5.70. The van der Waals surface area contributed by atoms with Gasteiger partial charge < -0.3 is 11.1 Å². The Bertz CT molecular complexity index is 771. The smallest absolute Gasteiger partial charge is 0.230 e. The maximum absolute atomic E-state index is 12.3. The van der Waals surface area contributed by atoms with E-state index in [2.05, 4.69) is 39.8 Å². The number of rotatable bonds is 6. The van der Waals surface area contributed by atoms with Crippen molar-refractivity contribution in [1.82, 2.24) is 20.1 Å². The quantitative estimate of drug-likeness (QED) is 0.776. The molecule has 0 spiro atoms. The molecule has 132 valence electrons. The van der Waals surface area contributed by atoms with Gasteiger partial charge in [0.2, 0.25) is 11.9 Å². The number of thioether (sulfide) groups is 1. The van der Waals surface area contributed by atoms with Crippen LogP contribution < -0.4 is 11.1 Å². The number of nitrogens with one attached hydrogen (secondary N) is 1. The Hall–Kier alpha value is -2.02. The van der Waals surface area contributed by atoms with Gasteiger partial charge in [0, 0.05) is 18.5 Å². The molecule has 0 saturated heterocycles. The fraction of sp³-hybridized carbons (Fsp3) is 0.500. The van der Waals surface area contributed by atoms with Gasteiger partial charge in [-0.1, -0.05) is 36.0 Å². The van der Waals surface area contributed by atoms with E-state index in [1.165, 1.54) is 29.3 Å². The number of nitrogen functional groups attached to an aromatic ring is 1. The Kier molecular flexibility index (Phi) is 4.65. The number of benzene rings is 1. The zero-order chi connectivity index (χ0) is 17.2. The summed E-state index contributed by atoms with van der Waals surface area (Å²) < 4.78 is 1.95. The molecule has 2 aliphatic carbocycles. The van der Waals surface area contributed by atoms with Crippen LogP contribution in [0.3, 0.4) is 0 Å². The van der Waals surface area contributed by atoms with E-state index in [0.717, 1.165) is 30.8 Å². The standard InChI is InChI=1S/C18H23N5OS/c19-17-21-22-18(23(17)14-8-9-14)25-11-16(24)20-10-13-6-3-5-12-4-1-2-7-15(12)13/h1-2,4,7,13-14H,3,5-6,8-11H2,(H2,19,21)(H,20,24)/t13-/m1/s1. The highest BCUT2D eigenvalue weighted by Crippen LogP contribution is 2.39. The number of nitrogens with zero attached hydrogens (tertiary/aromatic N) is 3. The molecule has 2 aliphatic rings. The summed E-state index contributed by atoms with van der Waals surface area (Å²) in [5, 5.41) is 11.9. The van der Waals surface area contributed by atoms with Gasteiger partial charge in [-0.05, 0) is 43.2 Å². The first-order chi connectivity index (χ1) is 12.2. The van der Waals surface area contributed by atoms with Crippen molar-refractivity contribution in [1.29, 1.82) is 0 Å². The predicted molar refractivity (Wildman–Crippen MR) is 98.6 cm³/mol. The van der Waals surface area contributed by atoms with Crippen LogP contribution in [0.2, 0.25) is 0 Å². The van der Waals surface area contributed by atoms with E-state index in [1.807, 2.05) is 4.57 Å². The third kappa shape index (κ3) is 3.66. The van der Waals surface area contributed by atoms with E-state index in [4.69, 9.17) is 5.73 Å². The molecular formula is C18H23N5OS. The predicted octanol–water partition coefficient (Wildman–Crippen LogP) is 2.52. The first kappa shape index (κ1) is 16.4. The lowest BCUT2D eigenvalue weighted by Gasteiger charge is -2.25. The van der Waals surface area contributed by atoms with Crippen molar-refractivity contribution in [2.75, 3.05) is 18.0 Å². The number of carbonyl (C=O) groups is 1. The molecule has 1 aromatic heterocycles. The molecular weight excluding hydrogens is 334 g/mol. The molecule has 25 heavy (non-hydrogen) atoms. The van der Waals surface area contributed by atoms with E-state index < -0.39 is 0 Å². The first-order valence-electron chi connectivity index (χ1n) is 8.90. The summed E-state index contributed by atoms with van der Waals surface area (Å²) in [5.41, 5.74) is 8.68. The molecule has 2 aromatic rings. The molecule has 6 nitrogen and oxygen atoms in total. The minimum Gasteiger partial charge on any atom is -0.368 e. The number of aryl methyl sites for hydroxylation is 1. The fourth-order valence-corrected chi connectivity index (χ4v) is 4.39. The van der Waals surface area contributed by atoms with Gasteiger partial charge in [0.15, 0.2) is 5.16 Å². The minimum atomic E-state index is 0.0389. The number of fused-ring (bicyclic) bond motifs is 1. The van der Waals surface area contributed by atoms with Crippen LogP contribution in [0, 0.1) is 0 Å². The van der Waals surface area contributed by atoms with Crippen LogP contribution in [0.4, 0.5) is 5.95 Å². The fourth-order valence-electron chi connectivity index (χ4n) is 3.55. The highest BCUT2D eigenvalue weighted by molar-refractivity contribution is 7.99. The van der Waals surface area contributed by atoms with Crippen LogP contribution in [0.25, 0.3) is 0 Å². The van der Waals surface area contributed by atoms with Gasteiger partial charge in [0.25, 0.3) is 0 Å². The van der Waals surface area contributed by atoms with Gasteiger partial charge in [-0.2, -0.15) is 0 Å². The Morgan fingerprint density at radius 1 is 1.28 bits per heavy atom. The highest BCUT2D eigenvalue weighted by atomic mass is 32.2. The van der Waals surface area contributed by atoms with Crippen molar-refractivity contribution < 1.29 is 4.79 Å². The second-order valence-electron chi connectivity index (χ2n) is 6.82. The molecule has 4 rings (SSSR count). The van der Waals surface area contributed by atoms with Crippen molar-refractivity contribution in [3.8, 4) is 0 Å². The lowest BCUT2D eigenvalue weighted by atomic mass is 9.83. The lowest BCUT2D eigenvalue weighted by molar-refractivity contribution is -0.118. The molecule has 0 unspecified atom stereocenters. The van der Waals surface area contributed by atoms with Gasteiger partial charge in [0.05, 0.1) is 5.75 Å². The molecule has 0 aliphatic heterocycles. The van der Waals surface area contributed by atoms with Crippen LogP contribution in [0.15, 0.2) is 29.4 Å². The van der Waals surface area contributed by atoms with Crippen molar-refractivity contribution in [2.45, 2.75) is 49.2 Å². The van der Waals surface area contributed by atoms with Crippen LogP contribution in [-0.4, -0.2) is 33.0 Å². The SMILES string of the molecule is Nc1nnc(SCC(=O)NC[C@H]2CCCc3ccccc32)n1C1CC1. The summed E-state index contributed by atoms with van der Waals surface area (Å²) in [7, 11) is 0. The summed E-state index contributed by atoms with van der Waals surface area (Å²) in [5.74, 6) is 1.25. The topological polar surface area (TPSA) is 85.8 Å². The van der Waals surface area contributed by atoms with E-state index in [9.17, 15) is 4.79 Å². The molecule has 7 heteroatoms. The number of nitrogens with two attached hydrogens (primary N) is 1. The second-order valence-corrected chi connectivity index (χ2v) is 7.77.